The molecule has 0 aliphatic rings. The van der Waals surface area contributed by atoms with Crippen LogP contribution in [0.3, 0.4) is 0 Å². The van der Waals surface area contributed by atoms with E-state index in [-0.39, 0.29) is 34.1 Å². The van der Waals surface area contributed by atoms with E-state index in [1.807, 2.05) is 0 Å². The van der Waals surface area contributed by atoms with Gasteiger partial charge in [-0.25, -0.2) is 32.6 Å². The van der Waals surface area contributed by atoms with E-state index in [1.54, 1.807) is 5.10 Å². The number of H-pyrrole nitrogens is 1. The highest BCUT2D eigenvalue weighted by Crippen LogP contribution is 2.32. The summed E-state index contributed by atoms with van der Waals surface area (Å²) >= 11 is 0. The molecule has 1 aromatic carbocycles. The normalized spacial score (nSPS) is 14.2. The Morgan fingerprint density at radius 2 is 1.80 bits per heavy atom. The molecule has 3 aromatic heterocycles. The van der Waals surface area contributed by atoms with Crippen LogP contribution in [0.1, 0.15) is 30.6 Å². The van der Waals surface area contributed by atoms with Crippen molar-refractivity contribution in [1.82, 2.24) is 24.7 Å². The van der Waals surface area contributed by atoms with Gasteiger partial charge in [0.05, 0.1) is 29.4 Å². The number of anilines is 1. The molecular weight excluding hydrogens is 549 g/mol. The molecule has 0 aliphatic carbocycles. The molecule has 0 saturated heterocycles. The van der Waals surface area contributed by atoms with Gasteiger partial charge in [0.2, 0.25) is 0 Å². The third-order valence-corrected chi connectivity index (χ3v) is 6.02. The molecule has 3 atom stereocenters. The Bertz CT molecular complexity index is 1620. The molecule has 0 radical (unpaired) electrons. The summed E-state index contributed by atoms with van der Waals surface area (Å²) in [6.07, 6.45) is -4.82. The third-order valence-electron chi connectivity index (χ3n) is 6.02. The van der Waals surface area contributed by atoms with Gasteiger partial charge in [0.15, 0.2) is 12.0 Å². The van der Waals surface area contributed by atoms with Crippen molar-refractivity contribution < 1.29 is 30.7 Å². The Morgan fingerprint density at radius 1 is 1.10 bits per heavy atom. The first-order valence-corrected chi connectivity index (χ1v) is 11.8. The molecule has 0 aliphatic heterocycles. The summed E-state index contributed by atoms with van der Waals surface area (Å²) in [4.78, 5) is 32.2. The number of nitrogens with zero attached hydrogens (tertiary/aromatic N) is 4. The molecule has 8 nitrogen and oxygen atoms in total. The summed E-state index contributed by atoms with van der Waals surface area (Å²) in [5.41, 5.74) is -4.49. The first-order chi connectivity index (χ1) is 18.9. The van der Waals surface area contributed by atoms with Gasteiger partial charge in [-0.2, -0.15) is 18.3 Å². The molecule has 4 aromatic rings. The van der Waals surface area contributed by atoms with Crippen molar-refractivity contribution in [3.63, 3.8) is 0 Å². The molecule has 15 heteroatoms. The minimum atomic E-state index is -4.97. The first kappa shape index (κ1) is 28.7. The first-order valence-electron chi connectivity index (χ1n) is 11.8. The largest absolute Gasteiger partial charge is 0.423 e. The van der Waals surface area contributed by atoms with Crippen LogP contribution < -0.4 is 16.4 Å². The average Bonchev–Trinajstić information content (AvgIpc) is 2.89. The van der Waals surface area contributed by atoms with Crippen molar-refractivity contribution in [2.24, 2.45) is 0 Å². The monoisotopic (exact) mass is 570 g/mol. The lowest BCUT2D eigenvalue weighted by Crippen LogP contribution is -2.30. The number of benzene rings is 1. The molecule has 3 heterocycles. The summed E-state index contributed by atoms with van der Waals surface area (Å²) < 4.78 is 96.4. The maximum atomic E-state index is 14.9. The van der Waals surface area contributed by atoms with Crippen molar-refractivity contribution in [2.75, 3.05) is 12.0 Å². The SMILES string of the molecule is C[C@H](C[C@@H](F)Cn1ccc2cc(-c3ncc(C(F)CF)cn3)c(F)cc2c1=O)Nc1cn[nH]c(=O)c1C(F)(F)F. The van der Waals surface area contributed by atoms with Crippen molar-refractivity contribution >= 4 is 16.5 Å². The zero-order valence-electron chi connectivity index (χ0n) is 20.6. The highest BCUT2D eigenvalue weighted by Gasteiger charge is 2.37. The van der Waals surface area contributed by atoms with Crippen LogP contribution in [-0.2, 0) is 12.7 Å². The van der Waals surface area contributed by atoms with E-state index in [9.17, 15) is 40.3 Å². The lowest BCUT2D eigenvalue weighted by atomic mass is 10.1. The average molecular weight is 570 g/mol. The zero-order chi connectivity index (χ0) is 29.2. The molecule has 212 valence electrons. The van der Waals surface area contributed by atoms with Gasteiger partial charge in [-0.05, 0) is 30.5 Å². The number of hydrogen-bond acceptors (Lipinski definition) is 6. The Hall–Kier alpha value is -4.30. The topological polar surface area (TPSA) is 106 Å². The van der Waals surface area contributed by atoms with Crippen LogP contribution in [0.4, 0.5) is 36.4 Å². The van der Waals surface area contributed by atoms with Gasteiger partial charge in [-0.1, -0.05) is 0 Å². The van der Waals surface area contributed by atoms with E-state index in [0.717, 1.165) is 29.2 Å². The number of aromatic nitrogens is 5. The smallest absolute Gasteiger partial charge is 0.381 e. The minimum absolute atomic E-state index is 0.0793. The molecule has 0 amide bonds. The molecular formula is C25H21F7N6O2. The standard InChI is InChI=1S/C25H21F7N6O2/c1-12(36-20-10-35-37-23(39)21(20)25(30,31)32)4-15(27)11-38-3-2-13-5-17(18(28)6-16(13)24(38)40)22-33-8-14(9-34-22)19(29)7-26/h2-3,5-6,8-10,12,15,19H,4,7,11H2,1H3,(H2,36,37,39)/t12-,15-,19?/m1/s1. The summed E-state index contributed by atoms with van der Waals surface area (Å²) in [6.45, 7) is -0.347. The summed E-state index contributed by atoms with van der Waals surface area (Å²) in [5.74, 6) is -0.994. The van der Waals surface area contributed by atoms with E-state index in [1.165, 1.54) is 25.3 Å². The highest BCUT2D eigenvalue weighted by molar-refractivity contribution is 5.86. The molecule has 2 N–H and O–H groups in total. The van der Waals surface area contributed by atoms with Crippen LogP contribution in [0.15, 0.2) is 52.6 Å². The number of fused-ring (bicyclic) bond motifs is 1. The lowest BCUT2D eigenvalue weighted by Gasteiger charge is -2.20. The van der Waals surface area contributed by atoms with Crippen molar-refractivity contribution in [1.29, 1.82) is 0 Å². The third kappa shape index (κ3) is 6.13. The van der Waals surface area contributed by atoms with E-state index in [4.69, 9.17) is 0 Å². The van der Waals surface area contributed by atoms with Gasteiger partial charge in [-0.3, -0.25) is 9.59 Å². The van der Waals surface area contributed by atoms with Gasteiger partial charge in [0.25, 0.3) is 11.1 Å². The summed E-state index contributed by atoms with van der Waals surface area (Å²) in [5, 5.41) is 7.67. The number of halogens is 7. The Labute approximate surface area is 220 Å². The predicted octanol–water partition coefficient (Wildman–Crippen LogP) is 4.91. The molecule has 0 saturated carbocycles. The Kier molecular flexibility index (Phi) is 8.21. The number of pyridine rings is 1. The van der Waals surface area contributed by atoms with E-state index in [2.05, 4.69) is 20.4 Å². The van der Waals surface area contributed by atoms with E-state index < -0.39 is 66.0 Å². The van der Waals surface area contributed by atoms with Crippen LogP contribution in [0.5, 0.6) is 0 Å². The van der Waals surface area contributed by atoms with E-state index >= 15 is 0 Å². The number of alkyl halides is 6. The second-order valence-electron chi connectivity index (χ2n) is 9.02. The summed E-state index contributed by atoms with van der Waals surface area (Å²) in [7, 11) is 0. The lowest BCUT2D eigenvalue weighted by molar-refractivity contribution is -0.138. The van der Waals surface area contributed by atoms with Crippen LogP contribution in [-0.4, -0.2) is 43.6 Å². The van der Waals surface area contributed by atoms with Crippen molar-refractivity contribution in [3.8, 4) is 11.4 Å². The predicted molar refractivity (Wildman–Crippen MR) is 131 cm³/mol. The second kappa shape index (κ2) is 11.4. The highest BCUT2D eigenvalue weighted by atomic mass is 19.4. The number of hydrogen-bond donors (Lipinski definition) is 2. The fourth-order valence-corrected chi connectivity index (χ4v) is 4.13. The molecule has 0 bridgehead atoms. The van der Waals surface area contributed by atoms with Crippen molar-refractivity contribution in [3.05, 3.63) is 80.6 Å². The Balaban J connectivity index is 1.51. The van der Waals surface area contributed by atoms with Crippen LogP contribution in [0, 0.1) is 5.82 Å². The van der Waals surface area contributed by atoms with Crippen LogP contribution in [0.2, 0.25) is 0 Å². The number of nitrogens with one attached hydrogen (secondary N) is 2. The van der Waals surface area contributed by atoms with Crippen molar-refractivity contribution in [2.45, 2.75) is 44.5 Å². The fourth-order valence-electron chi connectivity index (χ4n) is 4.13. The molecule has 1 unspecified atom stereocenters. The maximum Gasteiger partial charge on any atom is 0.423 e. The summed E-state index contributed by atoms with van der Waals surface area (Å²) in [6, 6.07) is 2.76. The van der Waals surface area contributed by atoms with Gasteiger partial charge in [0.1, 0.15) is 24.2 Å². The molecule has 40 heavy (non-hydrogen) atoms. The van der Waals surface area contributed by atoms with Gasteiger partial charge in [-0.15, -0.1) is 0 Å². The second-order valence-corrected chi connectivity index (χ2v) is 9.02. The zero-order valence-corrected chi connectivity index (χ0v) is 20.6. The quantitative estimate of drug-likeness (QED) is 0.277. The Morgan fingerprint density at radius 3 is 2.45 bits per heavy atom. The van der Waals surface area contributed by atoms with Crippen LogP contribution >= 0.6 is 0 Å². The van der Waals surface area contributed by atoms with Gasteiger partial charge >= 0.3 is 6.18 Å². The fraction of sp³-hybridized carbons (Fsp3) is 0.320. The van der Waals surface area contributed by atoms with Gasteiger partial charge < -0.3 is 9.88 Å². The van der Waals surface area contributed by atoms with Crippen LogP contribution in [0.25, 0.3) is 22.2 Å². The number of rotatable bonds is 9. The maximum absolute atomic E-state index is 14.9. The van der Waals surface area contributed by atoms with Gasteiger partial charge in [0, 0.05) is 36.6 Å². The molecule has 0 fully saturated rings. The minimum Gasteiger partial charge on any atom is -0.381 e. The van der Waals surface area contributed by atoms with E-state index in [0.29, 0.717) is 0 Å². The molecule has 4 rings (SSSR count). The number of aromatic amines is 1. The molecule has 0 spiro atoms.